The minimum absolute atomic E-state index is 0.142. The van der Waals surface area contributed by atoms with E-state index in [1.807, 2.05) is 50.2 Å². The summed E-state index contributed by atoms with van der Waals surface area (Å²) in [6, 6.07) is 7.20. The van der Waals surface area contributed by atoms with Crippen LogP contribution in [0.3, 0.4) is 0 Å². The highest BCUT2D eigenvalue weighted by Gasteiger charge is 2.13. The van der Waals surface area contributed by atoms with Gasteiger partial charge in [0, 0.05) is 14.1 Å². The number of hydrogen-bond donors (Lipinski definition) is 2. The molecule has 1 amide bonds. The Morgan fingerprint density at radius 2 is 2.06 bits per heavy atom. The summed E-state index contributed by atoms with van der Waals surface area (Å²) in [7, 11) is 3.87. The van der Waals surface area contributed by atoms with Crippen LogP contribution in [0.1, 0.15) is 13.3 Å². The first kappa shape index (κ1) is 12.5. The van der Waals surface area contributed by atoms with Gasteiger partial charge in [-0.1, -0.05) is 19.1 Å². The zero-order valence-electron chi connectivity index (χ0n) is 10.0. The molecular weight excluding hydrogens is 202 g/mol. The molecule has 0 unspecified atom stereocenters. The second-order valence-electron chi connectivity index (χ2n) is 3.92. The van der Waals surface area contributed by atoms with E-state index < -0.39 is 6.04 Å². The zero-order valence-corrected chi connectivity index (χ0v) is 10.0. The second kappa shape index (κ2) is 5.51. The highest BCUT2D eigenvalue weighted by molar-refractivity contribution is 5.97. The third-order valence-corrected chi connectivity index (χ3v) is 2.42. The lowest BCUT2D eigenvalue weighted by molar-refractivity contribution is -0.117. The standard InChI is InChI=1S/C12H19N3O/c1-4-9(13)12(16)14-10-7-5-6-8-11(10)15(2)3/h5-9H,4,13H2,1-3H3,(H,14,16)/t9-/m1/s1. The summed E-state index contributed by atoms with van der Waals surface area (Å²) < 4.78 is 0. The number of benzene rings is 1. The fourth-order valence-electron chi connectivity index (χ4n) is 1.38. The number of nitrogens with two attached hydrogens (primary N) is 1. The number of nitrogens with one attached hydrogen (secondary N) is 1. The van der Waals surface area contributed by atoms with E-state index in [1.165, 1.54) is 0 Å². The van der Waals surface area contributed by atoms with Gasteiger partial charge in [0.15, 0.2) is 0 Å². The number of carbonyl (C=O) groups excluding carboxylic acids is 1. The lowest BCUT2D eigenvalue weighted by Gasteiger charge is -2.18. The van der Waals surface area contributed by atoms with E-state index in [0.29, 0.717) is 6.42 Å². The molecule has 4 heteroatoms. The summed E-state index contributed by atoms with van der Waals surface area (Å²) in [5.41, 5.74) is 7.43. The lowest BCUT2D eigenvalue weighted by Crippen LogP contribution is -2.35. The summed E-state index contributed by atoms with van der Waals surface area (Å²) in [5.74, 6) is -0.142. The van der Waals surface area contributed by atoms with Gasteiger partial charge >= 0.3 is 0 Å². The number of amides is 1. The van der Waals surface area contributed by atoms with E-state index in [4.69, 9.17) is 5.73 Å². The van der Waals surface area contributed by atoms with Gasteiger partial charge in [0.25, 0.3) is 0 Å². The van der Waals surface area contributed by atoms with Gasteiger partial charge in [0.05, 0.1) is 17.4 Å². The molecule has 0 radical (unpaired) electrons. The molecule has 1 rings (SSSR count). The van der Waals surface area contributed by atoms with Crippen molar-refractivity contribution in [2.24, 2.45) is 5.73 Å². The van der Waals surface area contributed by atoms with Crippen LogP contribution >= 0.6 is 0 Å². The van der Waals surface area contributed by atoms with E-state index in [2.05, 4.69) is 5.32 Å². The smallest absolute Gasteiger partial charge is 0.241 e. The van der Waals surface area contributed by atoms with Gasteiger partial charge in [0.2, 0.25) is 5.91 Å². The van der Waals surface area contributed by atoms with Crippen molar-refractivity contribution in [3.63, 3.8) is 0 Å². The molecule has 1 aromatic carbocycles. The van der Waals surface area contributed by atoms with Crippen molar-refractivity contribution in [2.75, 3.05) is 24.3 Å². The molecule has 0 heterocycles. The summed E-state index contributed by atoms with van der Waals surface area (Å²) in [6.45, 7) is 1.89. The number of anilines is 2. The highest BCUT2D eigenvalue weighted by atomic mass is 16.2. The van der Waals surface area contributed by atoms with Crippen LogP contribution in [0.25, 0.3) is 0 Å². The fraction of sp³-hybridized carbons (Fsp3) is 0.417. The molecule has 0 aromatic heterocycles. The van der Waals surface area contributed by atoms with Crippen LogP contribution in [0.4, 0.5) is 11.4 Å². The van der Waals surface area contributed by atoms with Crippen LogP contribution in [0.5, 0.6) is 0 Å². The summed E-state index contributed by atoms with van der Waals surface area (Å²) in [4.78, 5) is 13.6. The van der Waals surface area contributed by atoms with Crippen molar-refractivity contribution in [1.29, 1.82) is 0 Å². The minimum atomic E-state index is -0.449. The predicted molar refractivity (Wildman–Crippen MR) is 67.7 cm³/mol. The highest BCUT2D eigenvalue weighted by Crippen LogP contribution is 2.23. The van der Waals surface area contributed by atoms with Crippen LogP contribution in [0.15, 0.2) is 24.3 Å². The Kier molecular flexibility index (Phi) is 4.31. The third-order valence-electron chi connectivity index (χ3n) is 2.42. The third kappa shape index (κ3) is 2.97. The molecule has 4 nitrogen and oxygen atoms in total. The Morgan fingerprint density at radius 1 is 1.44 bits per heavy atom. The van der Waals surface area contributed by atoms with E-state index >= 15 is 0 Å². The van der Waals surface area contributed by atoms with Crippen molar-refractivity contribution < 1.29 is 4.79 Å². The van der Waals surface area contributed by atoms with Crippen LogP contribution < -0.4 is 16.0 Å². The molecule has 1 aromatic rings. The Balaban J connectivity index is 2.84. The van der Waals surface area contributed by atoms with Crippen molar-refractivity contribution in [2.45, 2.75) is 19.4 Å². The molecule has 88 valence electrons. The summed E-state index contributed by atoms with van der Waals surface area (Å²) in [6.07, 6.45) is 0.635. The maximum atomic E-state index is 11.7. The second-order valence-corrected chi connectivity index (χ2v) is 3.92. The average Bonchev–Trinajstić information content (AvgIpc) is 2.28. The van der Waals surface area contributed by atoms with Crippen molar-refractivity contribution in [3.8, 4) is 0 Å². The first-order valence-electron chi connectivity index (χ1n) is 5.39. The maximum Gasteiger partial charge on any atom is 0.241 e. The molecule has 0 aliphatic rings. The van der Waals surface area contributed by atoms with Crippen molar-refractivity contribution in [3.05, 3.63) is 24.3 Å². The van der Waals surface area contributed by atoms with E-state index in [9.17, 15) is 4.79 Å². The molecule has 3 N–H and O–H groups in total. The topological polar surface area (TPSA) is 58.4 Å². The molecule has 16 heavy (non-hydrogen) atoms. The molecule has 1 atom stereocenters. The molecule has 0 bridgehead atoms. The zero-order chi connectivity index (χ0) is 12.1. The van der Waals surface area contributed by atoms with Crippen molar-refractivity contribution >= 4 is 17.3 Å². The Hall–Kier alpha value is -1.55. The van der Waals surface area contributed by atoms with Crippen LogP contribution in [-0.4, -0.2) is 26.0 Å². The van der Waals surface area contributed by atoms with Crippen LogP contribution in [0, 0.1) is 0 Å². The predicted octanol–water partition coefficient (Wildman–Crippen LogP) is 1.43. The van der Waals surface area contributed by atoms with Gasteiger partial charge in [-0.05, 0) is 18.6 Å². The molecule has 0 aliphatic heterocycles. The number of nitrogens with zero attached hydrogens (tertiary/aromatic N) is 1. The largest absolute Gasteiger partial charge is 0.376 e. The monoisotopic (exact) mass is 221 g/mol. The number of hydrogen-bond acceptors (Lipinski definition) is 3. The maximum absolute atomic E-state index is 11.7. The van der Waals surface area contributed by atoms with E-state index in [1.54, 1.807) is 0 Å². The van der Waals surface area contributed by atoms with E-state index in [0.717, 1.165) is 11.4 Å². The Morgan fingerprint density at radius 3 is 2.62 bits per heavy atom. The lowest BCUT2D eigenvalue weighted by atomic mass is 10.2. The van der Waals surface area contributed by atoms with Crippen LogP contribution in [0.2, 0.25) is 0 Å². The summed E-state index contributed by atoms with van der Waals surface area (Å²) >= 11 is 0. The fourth-order valence-corrected chi connectivity index (χ4v) is 1.38. The van der Waals surface area contributed by atoms with Gasteiger partial charge in [-0.3, -0.25) is 4.79 Å². The minimum Gasteiger partial charge on any atom is -0.376 e. The van der Waals surface area contributed by atoms with Gasteiger partial charge < -0.3 is 16.0 Å². The first-order chi connectivity index (χ1) is 7.56. The molecule has 0 saturated carbocycles. The molecule has 0 saturated heterocycles. The van der Waals surface area contributed by atoms with Crippen molar-refractivity contribution in [1.82, 2.24) is 0 Å². The van der Waals surface area contributed by atoms with Gasteiger partial charge in [-0.25, -0.2) is 0 Å². The SMILES string of the molecule is CC[C@@H](N)C(=O)Nc1ccccc1N(C)C. The summed E-state index contributed by atoms with van der Waals surface area (Å²) in [5, 5.41) is 2.84. The molecule has 0 fully saturated rings. The quantitative estimate of drug-likeness (QED) is 0.808. The van der Waals surface area contributed by atoms with Gasteiger partial charge in [-0.2, -0.15) is 0 Å². The van der Waals surface area contributed by atoms with Gasteiger partial charge in [-0.15, -0.1) is 0 Å². The normalized spacial score (nSPS) is 12.0. The van der Waals surface area contributed by atoms with Crippen LogP contribution in [-0.2, 0) is 4.79 Å². The first-order valence-corrected chi connectivity index (χ1v) is 5.39. The number of rotatable bonds is 4. The molecular formula is C12H19N3O. The number of para-hydroxylation sites is 2. The van der Waals surface area contributed by atoms with Gasteiger partial charge in [0.1, 0.15) is 0 Å². The Labute approximate surface area is 96.4 Å². The Bertz CT molecular complexity index is 363. The molecule has 0 aliphatic carbocycles. The average molecular weight is 221 g/mol. The number of carbonyl (C=O) groups is 1. The van der Waals surface area contributed by atoms with E-state index in [-0.39, 0.29) is 5.91 Å². The molecule has 0 spiro atoms.